The first kappa shape index (κ1) is 12.1. The average molecular weight is 239 g/mol. The Labute approximate surface area is 102 Å². The lowest BCUT2D eigenvalue weighted by Crippen LogP contribution is -2.36. The van der Waals surface area contributed by atoms with Crippen LogP contribution in [-0.4, -0.2) is 17.8 Å². The molecule has 2 rings (SSSR count). The molecule has 0 spiro atoms. The zero-order chi connectivity index (χ0) is 11.4. The Hall–Kier alpha value is -0.380. The van der Waals surface area contributed by atoms with Gasteiger partial charge in [0.25, 0.3) is 0 Å². The smallest absolute Gasteiger partial charge is 0.0582 e. The summed E-state index contributed by atoms with van der Waals surface area (Å²) in [5.41, 5.74) is 0. The van der Waals surface area contributed by atoms with Crippen LogP contribution in [-0.2, 0) is 0 Å². The lowest BCUT2D eigenvalue weighted by atomic mass is 9.96. The Bertz CT molecular complexity index is 293. The van der Waals surface area contributed by atoms with Crippen molar-refractivity contribution in [3.8, 4) is 0 Å². The SMILES string of the molecule is C[C@H](CO)NC(c1cccs1)C1CCCC1. The third kappa shape index (κ3) is 2.84. The maximum Gasteiger partial charge on any atom is 0.0582 e. The highest BCUT2D eigenvalue weighted by Gasteiger charge is 2.27. The van der Waals surface area contributed by atoms with E-state index in [0.717, 1.165) is 5.92 Å². The monoisotopic (exact) mass is 239 g/mol. The van der Waals surface area contributed by atoms with Crippen LogP contribution in [0, 0.1) is 5.92 Å². The minimum atomic E-state index is 0.188. The first-order valence-corrected chi connectivity index (χ1v) is 7.09. The number of thiophene rings is 1. The minimum absolute atomic E-state index is 0.188. The standard InChI is InChI=1S/C13H21NOS/c1-10(9-15)14-13(11-5-2-3-6-11)12-7-4-8-16-12/h4,7-8,10-11,13-15H,2-3,5-6,9H2,1H3/t10-,13?/m1/s1. The van der Waals surface area contributed by atoms with Crippen LogP contribution in [0.15, 0.2) is 17.5 Å². The predicted octanol–water partition coefficient (Wildman–Crippen LogP) is 2.95. The van der Waals surface area contributed by atoms with E-state index in [2.05, 4.69) is 29.8 Å². The predicted molar refractivity (Wildman–Crippen MR) is 68.7 cm³/mol. The number of aliphatic hydroxyl groups is 1. The Morgan fingerprint density at radius 1 is 1.50 bits per heavy atom. The summed E-state index contributed by atoms with van der Waals surface area (Å²) in [6.07, 6.45) is 5.38. The maximum absolute atomic E-state index is 9.16. The molecule has 0 amide bonds. The van der Waals surface area contributed by atoms with Crippen molar-refractivity contribution in [3.63, 3.8) is 0 Å². The lowest BCUT2D eigenvalue weighted by molar-refractivity contribution is 0.225. The molecule has 2 N–H and O–H groups in total. The zero-order valence-corrected chi connectivity index (χ0v) is 10.7. The van der Waals surface area contributed by atoms with Gasteiger partial charge < -0.3 is 10.4 Å². The third-order valence-corrected chi connectivity index (χ3v) is 4.41. The van der Waals surface area contributed by atoms with Crippen LogP contribution in [0.1, 0.15) is 43.5 Å². The van der Waals surface area contributed by atoms with Crippen molar-refractivity contribution in [2.24, 2.45) is 5.92 Å². The summed E-state index contributed by atoms with van der Waals surface area (Å²) in [7, 11) is 0. The second-order valence-corrected chi connectivity index (χ2v) is 5.77. The van der Waals surface area contributed by atoms with Gasteiger partial charge in [-0.05, 0) is 37.1 Å². The van der Waals surface area contributed by atoms with Crippen molar-refractivity contribution in [1.82, 2.24) is 5.32 Å². The molecule has 0 aliphatic heterocycles. The van der Waals surface area contributed by atoms with E-state index >= 15 is 0 Å². The van der Waals surface area contributed by atoms with Crippen molar-refractivity contribution in [3.05, 3.63) is 22.4 Å². The van der Waals surface area contributed by atoms with E-state index in [-0.39, 0.29) is 12.6 Å². The van der Waals surface area contributed by atoms with Crippen molar-refractivity contribution >= 4 is 11.3 Å². The van der Waals surface area contributed by atoms with E-state index in [0.29, 0.717) is 6.04 Å². The highest BCUT2D eigenvalue weighted by molar-refractivity contribution is 7.10. The van der Waals surface area contributed by atoms with Gasteiger partial charge in [-0.15, -0.1) is 11.3 Å². The van der Waals surface area contributed by atoms with Crippen LogP contribution < -0.4 is 5.32 Å². The summed E-state index contributed by atoms with van der Waals surface area (Å²) in [5.74, 6) is 0.757. The van der Waals surface area contributed by atoms with Gasteiger partial charge in [-0.1, -0.05) is 18.9 Å². The molecular formula is C13H21NOS. The largest absolute Gasteiger partial charge is 0.395 e. The van der Waals surface area contributed by atoms with Gasteiger partial charge in [-0.25, -0.2) is 0 Å². The Morgan fingerprint density at radius 2 is 2.25 bits per heavy atom. The first-order chi connectivity index (χ1) is 7.81. The molecular weight excluding hydrogens is 218 g/mol. The fourth-order valence-electron chi connectivity index (χ4n) is 2.57. The number of rotatable bonds is 5. The van der Waals surface area contributed by atoms with Gasteiger partial charge in [-0.2, -0.15) is 0 Å². The lowest BCUT2D eigenvalue weighted by Gasteiger charge is -2.26. The average Bonchev–Trinajstić information content (AvgIpc) is 2.97. The van der Waals surface area contributed by atoms with Crippen LogP contribution in [0.3, 0.4) is 0 Å². The van der Waals surface area contributed by atoms with Crippen molar-refractivity contribution in [2.45, 2.75) is 44.7 Å². The fraction of sp³-hybridized carbons (Fsp3) is 0.692. The number of hydrogen-bond acceptors (Lipinski definition) is 3. The molecule has 1 aromatic heterocycles. The van der Waals surface area contributed by atoms with E-state index in [9.17, 15) is 0 Å². The Balaban J connectivity index is 2.06. The van der Waals surface area contributed by atoms with Gasteiger partial charge in [0.2, 0.25) is 0 Å². The summed E-state index contributed by atoms with van der Waals surface area (Å²) < 4.78 is 0. The Morgan fingerprint density at radius 3 is 2.81 bits per heavy atom. The molecule has 0 aromatic carbocycles. The van der Waals surface area contributed by atoms with Gasteiger partial charge in [0.15, 0.2) is 0 Å². The maximum atomic E-state index is 9.16. The first-order valence-electron chi connectivity index (χ1n) is 6.21. The second-order valence-electron chi connectivity index (χ2n) is 4.79. The van der Waals surface area contributed by atoms with E-state index in [1.807, 2.05) is 11.3 Å². The molecule has 1 aromatic rings. The van der Waals surface area contributed by atoms with E-state index < -0.39 is 0 Å². The van der Waals surface area contributed by atoms with Gasteiger partial charge in [0, 0.05) is 17.0 Å². The zero-order valence-electron chi connectivity index (χ0n) is 9.86. The second kappa shape index (κ2) is 5.80. The summed E-state index contributed by atoms with van der Waals surface area (Å²) in [4.78, 5) is 1.42. The summed E-state index contributed by atoms with van der Waals surface area (Å²) >= 11 is 1.83. The van der Waals surface area contributed by atoms with Crippen LogP contribution in [0.4, 0.5) is 0 Å². The molecule has 0 saturated heterocycles. The Kier molecular flexibility index (Phi) is 4.38. The molecule has 1 fully saturated rings. The van der Waals surface area contributed by atoms with Gasteiger partial charge in [0.1, 0.15) is 0 Å². The molecule has 0 radical (unpaired) electrons. The minimum Gasteiger partial charge on any atom is -0.395 e. The number of nitrogens with one attached hydrogen (secondary N) is 1. The molecule has 90 valence electrons. The van der Waals surface area contributed by atoms with E-state index in [1.165, 1.54) is 30.6 Å². The highest BCUT2D eigenvalue weighted by atomic mass is 32.1. The number of hydrogen-bond donors (Lipinski definition) is 2. The molecule has 2 nitrogen and oxygen atoms in total. The van der Waals surface area contributed by atoms with Crippen molar-refractivity contribution < 1.29 is 5.11 Å². The summed E-state index contributed by atoms with van der Waals surface area (Å²) in [6, 6.07) is 4.97. The molecule has 0 bridgehead atoms. The third-order valence-electron chi connectivity index (χ3n) is 3.46. The van der Waals surface area contributed by atoms with Gasteiger partial charge in [-0.3, -0.25) is 0 Å². The summed E-state index contributed by atoms with van der Waals surface area (Å²) in [5, 5.41) is 14.9. The summed E-state index contributed by atoms with van der Waals surface area (Å²) in [6.45, 7) is 2.27. The molecule has 1 heterocycles. The van der Waals surface area contributed by atoms with Crippen LogP contribution in [0.5, 0.6) is 0 Å². The van der Waals surface area contributed by atoms with E-state index in [1.54, 1.807) is 0 Å². The fourth-order valence-corrected chi connectivity index (χ4v) is 3.45. The molecule has 16 heavy (non-hydrogen) atoms. The highest BCUT2D eigenvalue weighted by Crippen LogP contribution is 2.37. The molecule has 2 atom stereocenters. The van der Waals surface area contributed by atoms with Gasteiger partial charge in [0.05, 0.1) is 6.61 Å². The molecule has 1 aliphatic rings. The number of aliphatic hydroxyl groups excluding tert-OH is 1. The van der Waals surface area contributed by atoms with Crippen LogP contribution in [0.2, 0.25) is 0 Å². The normalized spacial score (nSPS) is 21.1. The van der Waals surface area contributed by atoms with Gasteiger partial charge >= 0.3 is 0 Å². The molecule has 1 aliphatic carbocycles. The topological polar surface area (TPSA) is 32.3 Å². The van der Waals surface area contributed by atoms with Crippen molar-refractivity contribution in [1.29, 1.82) is 0 Å². The molecule has 1 unspecified atom stereocenters. The van der Waals surface area contributed by atoms with Crippen molar-refractivity contribution in [2.75, 3.05) is 6.61 Å². The molecule has 1 saturated carbocycles. The molecule has 3 heteroatoms. The van der Waals surface area contributed by atoms with Crippen LogP contribution >= 0.6 is 11.3 Å². The van der Waals surface area contributed by atoms with E-state index in [4.69, 9.17) is 5.11 Å². The van der Waals surface area contributed by atoms with Crippen LogP contribution in [0.25, 0.3) is 0 Å². The quantitative estimate of drug-likeness (QED) is 0.828.